The van der Waals surface area contributed by atoms with Gasteiger partial charge in [-0.2, -0.15) is 0 Å². The van der Waals surface area contributed by atoms with Crippen LogP contribution in [0.2, 0.25) is 5.02 Å². The van der Waals surface area contributed by atoms with E-state index in [1.165, 1.54) is 17.7 Å². The molecule has 31 heavy (non-hydrogen) atoms. The van der Waals surface area contributed by atoms with Crippen molar-refractivity contribution in [3.05, 3.63) is 23.2 Å². The summed E-state index contributed by atoms with van der Waals surface area (Å²) in [5.74, 6) is 2.72. The van der Waals surface area contributed by atoms with Gasteiger partial charge in [0.05, 0.1) is 11.6 Å². The average Bonchev–Trinajstić information content (AvgIpc) is 3.39. The van der Waals surface area contributed by atoms with Crippen LogP contribution in [-0.2, 0) is 9.59 Å². The molecule has 6 heteroatoms. The minimum absolute atomic E-state index is 0.104. The number of carbonyl (C=O) groups excluding carboxylic acids is 2. The zero-order valence-electron chi connectivity index (χ0n) is 19.0. The lowest BCUT2D eigenvalue weighted by Gasteiger charge is -2.41. The van der Waals surface area contributed by atoms with E-state index < -0.39 is 17.4 Å². The van der Waals surface area contributed by atoms with Crippen LogP contribution >= 0.6 is 11.6 Å². The predicted molar refractivity (Wildman–Crippen MR) is 124 cm³/mol. The molecule has 1 unspecified atom stereocenters. The minimum Gasteiger partial charge on any atom is -0.492 e. The van der Waals surface area contributed by atoms with E-state index >= 15 is 0 Å². The van der Waals surface area contributed by atoms with Crippen LogP contribution in [0.1, 0.15) is 59.3 Å². The van der Waals surface area contributed by atoms with E-state index in [1.807, 2.05) is 27.8 Å². The molecule has 2 saturated carbocycles. The molecule has 2 aliphatic carbocycles. The summed E-state index contributed by atoms with van der Waals surface area (Å²) >= 11 is 6.48. The van der Waals surface area contributed by atoms with Gasteiger partial charge in [-0.1, -0.05) is 45.2 Å². The Morgan fingerprint density at radius 1 is 1.23 bits per heavy atom. The van der Waals surface area contributed by atoms with Gasteiger partial charge in [-0.25, -0.2) is 0 Å². The van der Waals surface area contributed by atoms with E-state index in [9.17, 15) is 9.59 Å². The highest BCUT2D eigenvalue weighted by molar-refractivity contribution is 6.32. The highest BCUT2D eigenvalue weighted by Gasteiger charge is 2.42. The quantitative estimate of drug-likeness (QED) is 0.561. The lowest BCUT2D eigenvalue weighted by Crippen LogP contribution is -2.57. The fraction of sp³-hybridized carbons (Fsp3) is 0.600. The van der Waals surface area contributed by atoms with Crippen molar-refractivity contribution in [2.24, 2.45) is 11.3 Å². The average molecular weight is 445 g/mol. The summed E-state index contributed by atoms with van der Waals surface area (Å²) in [5.41, 5.74) is -0.0378. The summed E-state index contributed by atoms with van der Waals surface area (Å²) in [6, 6.07) is 4.62. The number of terminal acetylenes is 1. The third-order valence-electron chi connectivity index (χ3n) is 6.24. The Morgan fingerprint density at radius 2 is 1.87 bits per heavy atom. The van der Waals surface area contributed by atoms with E-state index in [0.29, 0.717) is 29.0 Å². The van der Waals surface area contributed by atoms with E-state index in [-0.39, 0.29) is 11.9 Å². The Bertz CT molecular complexity index is 860. The lowest BCUT2D eigenvalue weighted by molar-refractivity contribution is -0.137. The molecule has 0 bridgehead atoms. The first-order chi connectivity index (χ1) is 14.6. The van der Waals surface area contributed by atoms with Crippen LogP contribution in [0.3, 0.4) is 0 Å². The number of rotatable bonds is 7. The van der Waals surface area contributed by atoms with Crippen molar-refractivity contribution in [1.82, 2.24) is 4.90 Å². The number of hydrogen-bond donors (Lipinski definition) is 0. The Labute approximate surface area is 191 Å². The first-order valence-electron chi connectivity index (χ1n) is 11.1. The second kappa shape index (κ2) is 9.53. The molecular weight excluding hydrogens is 412 g/mol. The molecule has 3 rings (SSSR count). The fourth-order valence-electron chi connectivity index (χ4n) is 4.23. The maximum Gasteiger partial charge on any atom is 0.303 e. The molecule has 0 aromatic heterocycles. The number of carbonyl (C=O) groups is 2. The molecule has 2 amide bonds. The molecule has 0 spiro atoms. The van der Waals surface area contributed by atoms with Crippen molar-refractivity contribution < 1.29 is 14.3 Å². The molecule has 0 saturated heterocycles. The number of halogens is 1. The number of anilines is 1. The van der Waals surface area contributed by atoms with Gasteiger partial charge >= 0.3 is 5.91 Å². The molecule has 1 aromatic carbocycles. The van der Waals surface area contributed by atoms with Crippen molar-refractivity contribution >= 4 is 29.1 Å². The van der Waals surface area contributed by atoms with Crippen LogP contribution in [0.25, 0.3) is 0 Å². The van der Waals surface area contributed by atoms with Gasteiger partial charge in [0.15, 0.2) is 0 Å². The highest BCUT2D eigenvalue weighted by atomic mass is 35.5. The van der Waals surface area contributed by atoms with Gasteiger partial charge in [0, 0.05) is 18.8 Å². The molecule has 168 valence electrons. The molecule has 2 aliphatic rings. The molecule has 2 fully saturated rings. The van der Waals surface area contributed by atoms with Gasteiger partial charge in [0.2, 0.25) is 5.91 Å². The van der Waals surface area contributed by atoms with E-state index in [2.05, 4.69) is 5.92 Å². The largest absolute Gasteiger partial charge is 0.492 e. The lowest BCUT2D eigenvalue weighted by atomic mass is 9.84. The second-order valence-electron chi connectivity index (χ2n) is 9.84. The second-order valence-corrected chi connectivity index (χ2v) is 10.3. The molecule has 5 nitrogen and oxygen atoms in total. The first-order valence-corrected chi connectivity index (χ1v) is 11.5. The molecular formula is C25H33ClN2O3. The summed E-state index contributed by atoms with van der Waals surface area (Å²) in [6.07, 6.45) is 12.1. The number of likely N-dealkylation sites (N-methyl/N-ethyl adjacent to an activating group) is 1. The van der Waals surface area contributed by atoms with Crippen molar-refractivity contribution in [2.75, 3.05) is 18.6 Å². The fourth-order valence-corrected chi connectivity index (χ4v) is 4.46. The van der Waals surface area contributed by atoms with Gasteiger partial charge in [0.1, 0.15) is 11.8 Å². The number of nitrogens with zero attached hydrogens (tertiary/aromatic N) is 2. The maximum absolute atomic E-state index is 13.7. The summed E-state index contributed by atoms with van der Waals surface area (Å²) in [4.78, 5) is 29.8. The Morgan fingerprint density at radius 3 is 2.39 bits per heavy atom. The third kappa shape index (κ3) is 5.54. The van der Waals surface area contributed by atoms with Gasteiger partial charge in [-0.15, -0.1) is 6.42 Å². The van der Waals surface area contributed by atoms with Crippen molar-refractivity contribution in [2.45, 2.75) is 71.4 Å². The summed E-state index contributed by atoms with van der Waals surface area (Å²) < 4.78 is 5.81. The molecule has 1 atom stereocenters. The highest BCUT2D eigenvalue weighted by Crippen LogP contribution is 2.37. The van der Waals surface area contributed by atoms with Crippen LogP contribution in [0.4, 0.5) is 5.69 Å². The number of hydrogen-bond acceptors (Lipinski definition) is 3. The molecule has 0 radical (unpaired) electrons. The normalized spacial score (nSPS) is 17.7. The topological polar surface area (TPSA) is 49.9 Å². The minimum atomic E-state index is -0.754. The Balaban J connectivity index is 1.93. The zero-order valence-corrected chi connectivity index (χ0v) is 19.7. The van der Waals surface area contributed by atoms with Gasteiger partial charge in [-0.3, -0.25) is 14.5 Å². The third-order valence-corrected chi connectivity index (χ3v) is 6.54. The van der Waals surface area contributed by atoms with E-state index in [0.717, 1.165) is 25.7 Å². The molecule has 1 aromatic rings. The summed E-state index contributed by atoms with van der Waals surface area (Å²) in [5, 5.41) is 0.400. The van der Waals surface area contributed by atoms with E-state index in [4.69, 9.17) is 22.8 Å². The van der Waals surface area contributed by atoms with Crippen molar-refractivity contribution in [1.29, 1.82) is 0 Å². The molecule has 0 N–H and O–H groups in total. The summed E-state index contributed by atoms with van der Waals surface area (Å²) in [6.45, 7) is 6.48. The van der Waals surface area contributed by atoms with Crippen LogP contribution in [0.15, 0.2) is 18.2 Å². The molecule has 0 heterocycles. The van der Waals surface area contributed by atoms with Gasteiger partial charge in [-0.05, 0) is 61.1 Å². The SMILES string of the molecule is C#CC(=O)N(c1ccc(OCC2CC2)c(Cl)c1)C(C(=O)N(C)C1CCCC1)C(C)(C)C. The van der Waals surface area contributed by atoms with Crippen molar-refractivity contribution in [3.63, 3.8) is 0 Å². The standard InChI is InChI=1S/C25H33ClN2O3/c1-6-22(29)28(19-13-14-21(20(26)15-19)31-16-17-11-12-17)23(25(2,3)4)24(30)27(5)18-9-7-8-10-18/h1,13-15,17-18,23H,7-12,16H2,2-5H3. The smallest absolute Gasteiger partial charge is 0.303 e. The predicted octanol–water partition coefficient (Wildman–Crippen LogP) is 4.91. The summed E-state index contributed by atoms with van der Waals surface area (Å²) in [7, 11) is 1.83. The van der Waals surface area contributed by atoms with Gasteiger partial charge in [0.25, 0.3) is 0 Å². The zero-order chi connectivity index (χ0) is 22.8. The van der Waals surface area contributed by atoms with Gasteiger partial charge < -0.3 is 9.64 Å². The number of ether oxygens (including phenoxy) is 1. The Hall–Kier alpha value is -2.19. The van der Waals surface area contributed by atoms with E-state index in [1.54, 1.807) is 23.1 Å². The molecule has 0 aliphatic heterocycles. The Kier molecular flexibility index (Phi) is 7.21. The van der Waals surface area contributed by atoms with Crippen molar-refractivity contribution in [3.8, 4) is 18.1 Å². The number of benzene rings is 1. The maximum atomic E-state index is 13.7. The van der Waals surface area contributed by atoms with Crippen LogP contribution in [0.5, 0.6) is 5.75 Å². The van der Waals surface area contributed by atoms with Crippen LogP contribution in [0, 0.1) is 23.7 Å². The monoisotopic (exact) mass is 444 g/mol. The van der Waals surface area contributed by atoms with Crippen LogP contribution in [-0.4, -0.2) is 42.5 Å². The van der Waals surface area contributed by atoms with Crippen LogP contribution < -0.4 is 9.64 Å². The number of amides is 2. The first kappa shape index (κ1) is 23.5.